The van der Waals surface area contributed by atoms with E-state index in [1.54, 1.807) is 0 Å². The number of benzene rings is 6. The third-order valence-corrected chi connectivity index (χ3v) is 9.54. The van der Waals surface area contributed by atoms with Crippen molar-refractivity contribution in [1.29, 1.82) is 0 Å². The Labute approximate surface area is 268 Å². The second-order valence-corrected chi connectivity index (χ2v) is 13.3. The van der Waals surface area contributed by atoms with Crippen molar-refractivity contribution < 1.29 is 0 Å². The Hall–Kier alpha value is -5.67. The molecule has 0 atom stereocenters. The molecule has 0 N–H and O–H groups in total. The van der Waals surface area contributed by atoms with Gasteiger partial charge in [-0.3, -0.25) is 4.40 Å². The van der Waals surface area contributed by atoms with E-state index in [0.717, 1.165) is 22.6 Å². The fourth-order valence-electron chi connectivity index (χ4n) is 7.17. The van der Waals surface area contributed by atoms with E-state index in [1.165, 1.54) is 60.2 Å². The number of fused-ring (bicyclic) bond motifs is 9. The molecule has 3 nitrogen and oxygen atoms in total. The molecule has 9 aromatic rings. The Morgan fingerprint density at radius 1 is 0.478 bits per heavy atom. The second kappa shape index (κ2) is 9.92. The van der Waals surface area contributed by atoms with Crippen LogP contribution in [0.1, 0.15) is 26.3 Å². The lowest BCUT2D eigenvalue weighted by atomic mass is 9.86. The monoisotopic (exact) mass is 591 g/mol. The molecular weight excluding hydrogens is 558 g/mol. The summed E-state index contributed by atoms with van der Waals surface area (Å²) >= 11 is 0. The Bertz CT molecular complexity index is 2590. The molecule has 0 radical (unpaired) electrons. The number of pyridine rings is 1. The molecule has 9 rings (SSSR count). The fourth-order valence-corrected chi connectivity index (χ4v) is 7.17. The van der Waals surface area contributed by atoms with Crippen LogP contribution in [0.4, 0.5) is 0 Å². The Morgan fingerprint density at radius 2 is 1.04 bits per heavy atom. The van der Waals surface area contributed by atoms with E-state index in [-0.39, 0.29) is 5.41 Å². The number of para-hydroxylation sites is 2. The van der Waals surface area contributed by atoms with E-state index in [2.05, 4.69) is 169 Å². The number of aromatic nitrogens is 3. The number of imidazole rings is 1. The molecule has 0 saturated heterocycles. The smallest absolute Gasteiger partial charge is 0.145 e. The molecule has 0 spiro atoms. The molecule has 220 valence electrons. The average molecular weight is 592 g/mol. The van der Waals surface area contributed by atoms with E-state index in [9.17, 15) is 0 Å². The minimum absolute atomic E-state index is 0.138. The molecule has 6 aromatic carbocycles. The van der Waals surface area contributed by atoms with Crippen LogP contribution in [0, 0.1) is 0 Å². The van der Waals surface area contributed by atoms with Crippen LogP contribution in [0.2, 0.25) is 0 Å². The predicted molar refractivity (Wildman–Crippen MR) is 194 cm³/mol. The summed E-state index contributed by atoms with van der Waals surface area (Å²) in [5.74, 6) is 0. The van der Waals surface area contributed by atoms with Gasteiger partial charge in [-0.2, -0.15) is 0 Å². The summed E-state index contributed by atoms with van der Waals surface area (Å²) in [5.41, 5.74) is 11.9. The summed E-state index contributed by atoms with van der Waals surface area (Å²) in [6.07, 6.45) is 2.01. The van der Waals surface area contributed by atoms with E-state index >= 15 is 0 Å². The maximum Gasteiger partial charge on any atom is 0.145 e. The van der Waals surface area contributed by atoms with E-state index < -0.39 is 0 Å². The zero-order valence-electron chi connectivity index (χ0n) is 26.2. The van der Waals surface area contributed by atoms with Gasteiger partial charge in [0.1, 0.15) is 5.65 Å². The number of rotatable bonds is 3. The van der Waals surface area contributed by atoms with Crippen LogP contribution in [0.15, 0.2) is 146 Å². The fraction of sp³-hybridized carbons (Fsp3) is 0.0930. The van der Waals surface area contributed by atoms with Gasteiger partial charge in [0, 0.05) is 32.8 Å². The highest BCUT2D eigenvalue weighted by Crippen LogP contribution is 2.37. The van der Waals surface area contributed by atoms with Crippen LogP contribution in [0.25, 0.3) is 77.2 Å². The van der Waals surface area contributed by atoms with Crippen molar-refractivity contribution in [1.82, 2.24) is 14.0 Å². The van der Waals surface area contributed by atoms with Crippen molar-refractivity contribution in [3.8, 4) is 28.1 Å². The minimum atomic E-state index is 0.138. The van der Waals surface area contributed by atoms with Crippen molar-refractivity contribution in [3.63, 3.8) is 0 Å². The average Bonchev–Trinajstić information content (AvgIpc) is 3.68. The van der Waals surface area contributed by atoms with Crippen LogP contribution in [-0.2, 0) is 5.41 Å². The molecule has 3 heterocycles. The van der Waals surface area contributed by atoms with Gasteiger partial charge in [0.25, 0.3) is 0 Å². The highest BCUT2D eigenvalue weighted by molar-refractivity contribution is 6.12. The van der Waals surface area contributed by atoms with E-state index in [4.69, 9.17) is 4.98 Å². The quantitative estimate of drug-likeness (QED) is 0.187. The summed E-state index contributed by atoms with van der Waals surface area (Å²) < 4.78 is 4.70. The molecule has 46 heavy (non-hydrogen) atoms. The summed E-state index contributed by atoms with van der Waals surface area (Å²) in [6, 6.07) is 50.8. The normalized spacial score (nSPS) is 12.2. The van der Waals surface area contributed by atoms with Crippen molar-refractivity contribution in [2.24, 2.45) is 0 Å². The van der Waals surface area contributed by atoms with Crippen LogP contribution < -0.4 is 0 Å². The van der Waals surface area contributed by atoms with Crippen LogP contribution >= 0.6 is 0 Å². The first-order chi connectivity index (χ1) is 22.5. The molecule has 0 aliphatic heterocycles. The molecule has 0 fully saturated rings. The Kier molecular flexibility index (Phi) is 5.76. The van der Waals surface area contributed by atoms with Gasteiger partial charge in [0.15, 0.2) is 0 Å². The molecule has 3 aromatic heterocycles. The van der Waals surface area contributed by atoms with E-state index in [0.29, 0.717) is 0 Å². The van der Waals surface area contributed by atoms with Crippen LogP contribution in [-0.4, -0.2) is 14.0 Å². The lowest BCUT2D eigenvalue weighted by Crippen LogP contribution is -2.10. The molecule has 0 bridgehead atoms. The van der Waals surface area contributed by atoms with Crippen LogP contribution in [0.3, 0.4) is 0 Å². The molecular formula is C43H33N3. The first-order valence-corrected chi connectivity index (χ1v) is 16.0. The third-order valence-electron chi connectivity index (χ3n) is 9.54. The van der Waals surface area contributed by atoms with Gasteiger partial charge >= 0.3 is 0 Å². The minimum Gasteiger partial charge on any atom is -0.309 e. The van der Waals surface area contributed by atoms with Crippen LogP contribution in [0.5, 0.6) is 0 Å². The Balaban J connectivity index is 1.17. The first-order valence-electron chi connectivity index (χ1n) is 16.0. The zero-order valence-corrected chi connectivity index (χ0v) is 26.2. The molecule has 0 saturated carbocycles. The molecule has 0 aliphatic carbocycles. The van der Waals surface area contributed by atoms with Gasteiger partial charge in [0.05, 0.1) is 28.4 Å². The standard InChI is InChI=1S/C43H33N3/c1-43(2,3)31-21-16-28(17-22-31)30-20-25-40-37(26-30)35-12-7-8-14-38(35)45(40)32-23-18-29(19-24-32)41-27-44-42-36-13-5-4-10-33(36)34-11-6-9-15-39(34)46(41)42/h4-27H,1-3H3. The maximum atomic E-state index is 4.94. The predicted octanol–water partition coefficient (Wildman–Crippen LogP) is 11.4. The summed E-state index contributed by atoms with van der Waals surface area (Å²) in [7, 11) is 0. The Morgan fingerprint density at radius 3 is 1.76 bits per heavy atom. The van der Waals surface area contributed by atoms with Gasteiger partial charge < -0.3 is 4.57 Å². The van der Waals surface area contributed by atoms with Crippen molar-refractivity contribution in [2.45, 2.75) is 26.2 Å². The topological polar surface area (TPSA) is 22.2 Å². The zero-order chi connectivity index (χ0) is 31.0. The largest absolute Gasteiger partial charge is 0.309 e. The molecule has 0 aliphatic rings. The summed E-state index contributed by atoms with van der Waals surface area (Å²) in [6.45, 7) is 6.78. The van der Waals surface area contributed by atoms with E-state index in [1.807, 2.05) is 6.20 Å². The highest BCUT2D eigenvalue weighted by atomic mass is 15.0. The number of hydrogen-bond donors (Lipinski definition) is 0. The molecule has 0 unspecified atom stereocenters. The van der Waals surface area contributed by atoms with Gasteiger partial charge in [-0.15, -0.1) is 0 Å². The maximum absolute atomic E-state index is 4.94. The van der Waals surface area contributed by atoms with Crippen molar-refractivity contribution >= 4 is 49.1 Å². The van der Waals surface area contributed by atoms with Gasteiger partial charge in [-0.25, -0.2) is 4.98 Å². The highest BCUT2D eigenvalue weighted by Gasteiger charge is 2.17. The summed E-state index contributed by atoms with van der Waals surface area (Å²) in [5, 5.41) is 6.15. The summed E-state index contributed by atoms with van der Waals surface area (Å²) in [4.78, 5) is 4.94. The first kappa shape index (κ1) is 26.7. The second-order valence-electron chi connectivity index (χ2n) is 13.3. The van der Waals surface area contributed by atoms with Gasteiger partial charge in [0.2, 0.25) is 0 Å². The van der Waals surface area contributed by atoms with Gasteiger partial charge in [-0.05, 0) is 63.9 Å². The lowest BCUT2D eigenvalue weighted by Gasteiger charge is -2.19. The van der Waals surface area contributed by atoms with Gasteiger partial charge in [-0.1, -0.05) is 124 Å². The third kappa shape index (κ3) is 4.02. The molecule has 3 heteroatoms. The number of nitrogens with zero attached hydrogens (tertiary/aromatic N) is 3. The molecule has 0 amide bonds. The lowest BCUT2D eigenvalue weighted by molar-refractivity contribution is 0.590. The van der Waals surface area contributed by atoms with Crippen molar-refractivity contribution in [2.75, 3.05) is 0 Å². The number of hydrogen-bond acceptors (Lipinski definition) is 1. The van der Waals surface area contributed by atoms with Crippen molar-refractivity contribution in [3.05, 3.63) is 151 Å². The SMILES string of the molecule is CC(C)(C)c1ccc(-c2ccc3c(c2)c2ccccc2n3-c2ccc(-c3cnc4c5ccccc5c5ccccc5n34)cc2)cc1.